The summed E-state index contributed by atoms with van der Waals surface area (Å²) in [5.74, 6) is -0.271. The number of hydrogen-bond acceptors (Lipinski definition) is 8. The number of amides is 1. The molecule has 10 nitrogen and oxygen atoms in total. The molecule has 10 heteroatoms. The fourth-order valence-corrected chi connectivity index (χ4v) is 3.32. The average molecular weight is 470 g/mol. The lowest BCUT2D eigenvalue weighted by atomic mass is 10.0. The van der Waals surface area contributed by atoms with Crippen molar-refractivity contribution in [2.24, 2.45) is 5.92 Å². The molecule has 1 N–H and O–H groups in total. The van der Waals surface area contributed by atoms with E-state index in [0.717, 1.165) is 5.56 Å². The van der Waals surface area contributed by atoms with Crippen LogP contribution in [0.15, 0.2) is 42.5 Å². The molecule has 180 valence electrons. The number of nitrogens with zero attached hydrogens (tertiary/aromatic N) is 1. The highest BCUT2D eigenvalue weighted by Gasteiger charge is 2.27. The van der Waals surface area contributed by atoms with Gasteiger partial charge >= 0.3 is 5.97 Å². The molecule has 0 spiro atoms. The van der Waals surface area contributed by atoms with Gasteiger partial charge in [0, 0.05) is 29.3 Å². The number of carbonyl (C=O) groups excluding carboxylic acids is 2. The first-order valence-electron chi connectivity index (χ1n) is 10.6. The Kier molecular flexibility index (Phi) is 8.20. The van der Waals surface area contributed by atoms with E-state index in [4.69, 9.17) is 18.9 Å². The zero-order chi connectivity index (χ0) is 24.7. The Balaban J connectivity index is 1.66. The molecule has 3 rings (SSSR count). The minimum Gasteiger partial charge on any atom is -0.497 e. The number of nitro groups is 1. The van der Waals surface area contributed by atoms with Crippen molar-refractivity contribution in [3.05, 3.63) is 69.3 Å². The van der Waals surface area contributed by atoms with E-state index in [1.165, 1.54) is 18.2 Å². The van der Waals surface area contributed by atoms with E-state index >= 15 is 0 Å². The van der Waals surface area contributed by atoms with Crippen molar-refractivity contribution < 1.29 is 33.5 Å². The lowest BCUT2D eigenvalue weighted by Crippen LogP contribution is -2.44. The largest absolute Gasteiger partial charge is 0.497 e. The summed E-state index contributed by atoms with van der Waals surface area (Å²) in [6, 6.07) is 8.90. The molecule has 1 atom stereocenters. The first-order chi connectivity index (χ1) is 16.3. The molecule has 2 aromatic carbocycles. The average Bonchev–Trinajstić information content (AvgIpc) is 2.84. The number of rotatable bonds is 9. The second kappa shape index (κ2) is 11.3. The van der Waals surface area contributed by atoms with Gasteiger partial charge in [0.1, 0.15) is 24.1 Å². The Labute approximate surface area is 196 Å². The van der Waals surface area contributed by atoms with Crippen molar-refractivity contribution in [1.82, 2.24) is 5.32 Å². The molecule has 0 radical (unpaired) electrons. The van der Waals surface area contributed by atoms with Gasteiger partial charge in [-0.2, -0.15) is 0 Å². The molecular formula is C24H26N2O8. The number of benzene rings is 2. The third-order valence-electron chi connectivity index (χ3n) is 5.11. The van der Waals surface area contributed by atoms with Crippen LogP contribution in [0.2, 0.25) is 0 Å². The minimum atomic E-state index is -0.910. The molecule has 0 aromatic heterocycles. The van der Waals surface area contributed by atoms with Gasteiger partial charge in [-0.3, -0.25) is 14.9 Å². The SMILES string of the molecule is COc1ccc(C=CC(=O)NC(C(=O)OCc2cc([N+](=O)[O-])cc3c2OCOC3)C(C)C)cc1. The van der Waals surface area contributed by atoms with Crippen LogP contribution in [0.4, 0.5) is 5.69 Å². The smallest absolute Gasteiger partial charge is 0.329 e. The number of fused-ring (bicyclic) bond motifs is 1. The van der Waals surface area contributed by atoms with Crippen LogP contribution in [0.1, 0.15) is 30.5 Å². The molecule has 1 unspecified atom stereocenters. The number of carbonyl (C=O) groups is 2. The Morgan fingerprint density at radius 1 is 1.24 bits per heavy atom. The summed E-state index contributed by atoms with van der Waals surface area (Å²) in [4.78, 5) is 35.9. The van der Waals surface area contributed by atoms with Gasteiger partial charge in [0.2, 0.25) is 5.91 Å². The molecule has 1 aliphatic heterocycles. The van der Waals surface area contributed by atoms with Crippen LogP contribution < -0.4 is 14.8 Å². The number of esters is 1. The van der Waals surface area contributed by atoms with Gasteiger partial charge in [0.05, 0.1) is 18.6 Å². The van der Waals surface area contributed by atoms with Crippen molar-refractivity contribution in [1.29, 1.82) is 0 Å². The minimum absolute atomic E-state index is 0.00301. The predicted octanol–water partition coefficient (Wildman–Crippen LogP) is 3.37. The van der Waals surface area contributed by atoms with Gasteiger partial charge in [-0.25, -0.2) is 4.79 Å². The van der Waals surface area contributed by atoms with E-state index in [2.05, 4.69) is 5.32 Å². The van der Waals surface area contributed by atoms with Gasteiger partial charge < -0.3 is 24.3 Å². The van der Waals surface area contributed by atoms with Crippen LogP contribution in [0, 0.1) is 16.0 Å². The number of methoxy groups -OCH3 is 1. The van der Waals surface area contributed by atoms with E-state index in [1.54, 1.807) is 51.3 Å². The van der Waals surface area contributed by atoms with E-state index in [-0.39, 0.29) is 31.6 Å². The van der Waals surface area contributed by atoms with Crippen molar-refractivity contribution in [3.63, 3.8) is 0 Å². The fraction of sp³-hybridized carbons (Fsp3) is 0.333. The second-order valence-electron chi connectivity index (χ2n) is 7.91. The highest BCUT2D eigenvalue weighted by atomic mass is 16.7. The first kappa shape index (κ1) is 24.7. The van der Waals surface area contributed by atoms with Gasteiger partial charge in [-0.05, 0) is 29.7 Å². The third kappa shape index (κ3) is 6.32. The van der Waals surface area contributed by atoms with E-state index in [9.17, 15) is 19.7 Å². The maximum absolute atomic E-state index is 12.8. The zero-order valence-electron chi connectivity index (χ0n) is 19.1. The Morgan fingerprint density at radius 3 is 2.62 bits per heavy atom. The quantitative estimate of drug-likeness (QED) is 0.256. The zero-order valence-corrected chi connectivity index (χ0v) is 19.1. The van der Waals surface area contributed by atoms with E-state index in [0.29, 0.717) is 22.6 Å². The molecule has 0 saturated carbocycles. The standard InChI is InChI=1S/C24H26N2O8/c1-15(2)22(25-21(27)9-6-16-4-7-20(31-3)8-5-16)24(28)33-13-18-11-19(26(29)30)10-17-12-32-14-34-23(17)18/h4-11,15,22H,12-14H2,1-3H3,(H,25,27). The van der Waals surface area contributed by atoms with E-state index in [1.807, 2.05) is 0 Å². The maximum Gasteiger partial charge on any atom is 0.329 e. The topological polar surface area (TPSA) is 126 Å². The number of ether oxygens (including phenoxy) is 4. The van der Waals surface area contributed by atoms with Crippen LogP contribution in [-0.4, -0.2) is 36.7 Å². The van der Waals surface area contributed by atoms with Crippen molar-refractivity contribution in [3.8, 4) is 11.5 Å². The van der Waals surface area contributed by atoms with Crippen LogP contribution >= 0.6 is 0 Å². The van der Waals surface area contributed by atoms with Crippen molar-refractivity contribution >= 4 is 23.6 Å². The normalized spacial score (nSPS) is 13.6. The highest BCUT2D eigenvalue weighted by Crippen LogP contribution is 2.33. The number of nitrogens with one attached hydrogen (secondary N) is 1. The first-order valence-corrected chi connectivity index (χ1v) is 10.6. The number of hydrogen-bond donors (Lipinski definition) is 1. The van der Waals surface area contributed by atoms with Crippen molar-refractivity contribution in [2.45, 2.75) is 33.1 Å². The molecule has 0 saturated heterocycles. The second-order valence-corrected chi connectivity index (χ2v) is 7.91. The van der Waals surface area contributed by atoms with Crippen LogP contribution in [-0.2, 0) is 32.3 Å². The number of nitro benzene ring substituents is 1. The molecular weight excluding hydrogens is 444 g/mol. The monoisotopic (exact) mass is 470 g/mol. The molecule has 0 bridgehead atoms. The summed E-state index contributed by atoms with van der Waals surface area (Å²) < 4.78 is 21.1. The van der Waals surface area contributed by atoms with Crippen molar-refractivity contribution in [2.75, 3.05) is 13.9 Å². The maximum atomic E-state index is 12.8. The van der Waals surface area contributed by atoms with Gasteiger partial charge in [-0.15, -0.1) is 0 Å². The summed E-state index contributed by atoms with van der Waals surface area (Å²) in [6.45, 7) is 3.45. The molecule has 1 heterocycles. The summed E-state index contributed by atoms with van der Waals surface area (Å²) in [5.41, 5.74) is 1.49. The van der Waals surface area contributed by atoms with Crippen LogP contribution in [0.3, 0.4) is 0 Å². The summed E-state index contributed by atoms with van der Waals surface area (Å²) in [7, 11) is 1.57. The predicted molar refractivity (Wildman–Crippen MR) is 122 cm³/mol. The highest BCUT2D eigenvalue weighted by molar-refractivity contribution is 5.94. The molecule has 0 fully saturated rings. The molecule has 0 aliphatic carbocycles. The van der Waals surface area contributed by atoms with E-state index < -0.39 is 22.8 Å². The number of non-ortho nitro benzene ring substituents is 1. The Morgan fingerprint density at radius 2 is 1.97 bits per heavy atom. The fourth-order valence-electron chi connectivity index (χ4n) is 3.32. The third-order valence-corrected chi connectivity index (χ3v) is 5.11. The van der Waals surface area contributed by atoms with Gasteiger partial charge in [-0.1, -0.05) is 26.0 Å². The molecule has 2 aromatic rings. The summed E-state index contributed by atoms with van der Waals surface area (Å²) >= 11 is 0. The Bertz CT molecular complexity index is 1080. The molecule has 1 aliphatic rings. The van der Waals surface area contributed by atoms with Gasteiger partial charge in [0.15, 0.2) is 6.79 Å². The molecule has 34 heavy (non-hydrogen) atoms. The van der Waals surface area contributed by atoms with Crippen LogP contribution in [0.5, 0.6) is 11.5 Å². The van der Waals surface area contributed by atoms with Gasteiger partial charge in [0.25, 0.3) is 5.69 Å². The molecule has 1 amide bonds. The van der Waals surface area contributed by atoms with Crippen LogP contribution in [0.25, 0.3) is 6.08 Å². The summed E-state index contributed by atoms with van der Waals surface area (Å²) in [6.07, 6.45) is 2.95. The lowest BCUT2D eigenvalue weighted by molar-refractivity contribution is -0.385. The lowest BCUT2D eigenvalue weighted by Gasteiger charge is -2.22. The Hall–Kier alpha value is -3.92. The summed E-state index contributed by atoms with van der Waals surface area (Å²) in [5, 5.41) is 13.9.